The molecule has 170 valence electrons. The Morgan fingerprint density at radius 2 is 1.70 bits per heavy atom. The van der Waals surface area contributed by atoms with Gasteiger partial charge in [0.25, 0.3) is 0 Å². The van der Waals surface area contributed by atoms with Crippen molar-refractivity contribution in [3.63, 3.8) is 0 Å². The fourth-order valence-corrected chi connectivity index (χ4v) is 3.42. The Bertz CT molecular complexity index is 1090. The van der Waals surface area contributed by atoms with Crippen LogP contribution >= 0.6 is 15.9 Å². The predicted octanol–water partition coefficient (Wildman–Crippen LogP) is 5.19. The number of rotatable bonds is 8. The van der Waals surface area contributed by atoms with Crippen molar-refractivity contribution in [3.8, 4) is 29.2 Å². The van der Waals surface area contributed by atoms with Gasteiger partial charge in [0.2, 0.25) is 5.88 Å². The van der Waals surface area contributed by atoms with Crippen LogP contribution in [0.25, 0.3) is 0 Å². The van der Waals surface area contributed by atoms with E-state index in [2.05, 4.69) is 37.7 Å². The molecule has 1 fully saturated rings. The summed E-state index contributed by atoms with van der Waals surface area (Å²) in [5.74, 6) is 8.33. The maximum atomic E-state index is 5.97. The minimum Gasteiger partial charge on any atom is -0.497 e. The largest absolute Gasteiger partial charge is 0.497 e. The van der Waals surface area contributed by atoms with E-state index in [4.69, 9.17) is 18.9 Å². The van der Waals surface area contributed by atoms with Gasteiger partial charge in [-0.3, -0.25) is 0 Å². The van der Waals surface area contributed by atoms with Gasteiger partial charge in [-0.15, -0.1) is 0 Å². The molecule has 1 saturated carbocycles. The SMILES string of the molecule is COc1ccc(COC(C)C#Cc2ccc(OC3CC(Oc4ccc(Br)cn4)C3)cn2)cc1. The van der Waals surface area contributed by atoms with Crippen LogP contribution in [0.2, 0.25) is 0 Å². The van der Waals surface area contributed by atoms with Gasteiger partial charge < -0.3 is 18.9 Å². The second-order valence-electron chi connectivity index (χ2n) is 7.72. The van der Waals surface area contributed by atoms with Crippen LogP contribution in [-0.4, -0.2) is 35.4 Å². The number of hydrogen-bond acceptors (Lipinski definition) is 6. The van der Waals surface area contributed by atoms with Gasteiger partial charge in [0.05, 0.1) is 19.9 Å². The second kappa shape index (κ2) is 11.2. The Kier molecular flexibility index (Phi) is 7.82. The van der Waals surface area contributed by atoms with Crippen molar-refractivity contribution in [1.82, 2.24) is 9.97 Å². The molecular weight excluding hydrogens is 484 g/mol. The highest BCUT2D eigenvalue weighted by Crippen LogP contribution is 2.29. The summed E-state index contributed by atoms with van der Waals surface area (Å²) in [7, 11) is 1.65. The molecule has 33 heavy (non-hydrogen) atoms. The molecule has 1 unspecified atom stereocenters. The lowest BCUT2D eigenvalue weighted by Gasteiger charge is -2.34. The Labute approximate surface area is 202 Å². The minimum absolute atomic E-state index is 0.121. The number of pyridine rings is 2. The first-order valence-corrected chi connectivity index (χ1v) is 11.5. The number of nitrogens with zero attached hydrogens (tertiary/aromatic N) is 2. The molecule has 0 amide bonds. The molecule has 0 aliphatic heterocycles. The van der Waals surface area contributed by atoms with Crippen molar-refractivity contribution in [2.24, 2.45) is 0 Å². The molecular formula is C26H25BrN2O4. The highest BCUT2D eigenvalue weighted by Gasteiger charge is 2.33. The lowest BCUT2D eigenvalue weighted by Crippen LogP contribution is -2.41. The van der Waals surface area contributed by atoms with Crippen molar-refractivity contribution in [2.75, 3.05) is 7.11 Å². The van der Waals surface area contributed by atoms with Crippen molar-refractivity contribution in [1.29, 1.82) is 0 Å². The zero-order valence-electron chi connectivity index (χ0n) is 18.5. The van der Waals surface area contributed by atoms with Crippen molar-refractivity contribution < 1.29 is 18.9 Å². The van der Waals surface area contributed by atoms with Gasteiger partial charge in [-0.05, 0) is 64.7 Å². The Balaban J connectivity index is 1.19. The van der Waals surface area contributed by atoms with E-state index in [1.165, 1.54) is 0 Å². The molecule has 4 rings (SSSR count). The van der Waals surface area contributed by atoms with Crippen LogP contribution in [-0.2, 0) is 11.3 Å². The number of halogens is 1. The monoisotopic (exact) mass is 508 g/mol. The van der Waals surface area contributed by atoms with E-state index in [9.17, 15) is 0 Å². The van der Waals surface area contributed by atoms with Crippen LogP contribution in [0.1, 0.15) is 31.0 Å². The van der Waals surface area contributed by atoms with Crippen LogP contribution in [0.15, 0.2) is 65.4 Å². The van der Waals surface area contributed by atoms with E-state index in [0.717, 1.165) is 34.4 Å². The van der Waals surface area contributed by atoms with Crippen LogP contribution in [0, 0.1) is 11.8 Å². The summed E-state index contributed by atoms with van der Waals surface area (Å²) in [4.78, 5) is 8.62. The molecule has 1 atom stereocenters. The average Bonchev–Trinajstić information content (AvgIpc) is 2.82. The predicted molar refractivity (Wildman–Crippen MR) is 128 cm³/mol. The van der Waals surface area contributed by atoms with Gasteiger partial charge >= 0.3 is 0 Å². The molecule has 0 radical (unpaired) electrons. The molecule has 2 heterocycles. The summed E-state index contributed by atoms with van der Waals surface area (Å²) in [6, 6.07) is 15.3. The Morgan fingerprint density at radius 1 is 0.939 bits per heavy atom. The summed E-state index contributed by atoms with van der Waals surface area (Å²) in [5.41, 5.74) is 1.75. The normalized spacial score (nSPS) is 17.8. The first-order valence-electron chi connectivity index (χ1n) is 10.7. The standard InChI is InChI=1S/C26H25BrN2O4/c1-18(31-17-19-4-9-22(30-2)10-5-19)3-7-21-8-11-23(16-28-21)32-24-13-25(14-24)33-26-12-6-20(27)15-29-26/h4-6,8-12,15-16,18,24-25H,13-14,17H2,1-2H3. The summed E-state index contributed by atoms with van der Waals surface area (Å²) < 4.78 is 23.7. The number of benzene rings is 1. The van der Waals surface area contributed by atoms with Gasteiger partial charge in [0.1, 0.15) is 35.5 Å². The molecule has 3 aromatic rings. The average molecular weight is 509 g/mol. The van der Waals surface area contributed by atoms with E-state index in [-0.39, 0.29) is 18.3 Å². The third-order valence-electron chi connectivity index (χ3n) is 5.14. The Hall–Kier alpha value is -3.08. The third-order valence-corrected chi connectivity index (χ3v) is 5.61. The van der Waals surface area contributed by atoms with E-state index in [0.29, 0.717) is 18.2 Å². The quantitative estimate of drug-likeness (QED) is 0.390. The van der Waals surface area contributed by atoms with Crippen LogP contribution in [0.5, 0.6) is 17.4 Å². The number of aromatic nitrogens is 2. The summed E-state index contributed by atoms with van der Waals surface area (Å²) in [6.45, 7) is 2.41. The maximum Gasteiger partial charge on any atom is 0.213 e. The summed E-state index contributed by atoms with van der Waals surface area (Å²) in [6.07, 6.45) is 5.11. The molecule has 6 nitrogen and oxygen atoms in total. The van der Waals surface area contributed by atoms with Gasteiger partial charge in [0.15, 0.2) is 0 Å². The van der Waals surface area contributed by atoms with E-state index in [1.807, 2.05) is 55.5 Å². The lowest BCUT2D eigenvalue weighted by molar-refractivity contribution is 0.00207. The molecule has 1 aromatic carbocycles. The maximum absolute atomic E-state index is 5.97. The molecule has 0 N–H and O–H groups in total. The van der Waals surface area contributed by atoms with Crippen molar-refractivity contribution >= 4 is 15.9 Å². The summed E-state index contributed by atoms with van der Waals surface area (Å²) >= 11 is 3.37. The second-order valence-corrected chi connectivity index (χ2v) is 8.63. The molecule has 1 aliphatic carbocycles. The first-order chi connectivity index (χ1) is 16.1. The molecule has 7 heteroatoms. The van der Waals surface area contributed by atoms with Gasteiger partial charge in [0, 0.05) is 29.6 Å². The highest BCUT2D eigenvalue weighted by molar-refractivity contribution is 9.10. The van der Waals surface area contributed by atoms with Gasteiger partial charge in [-0.1, -0.05) is 18.1 Å². The smallest absolute Gasteiger partial charge is 0.213 e. The fraction of sp³-hybridized carbons (Fsp3) is 0.308. The van der Waals surface area contributed by atoms with Gasteiger partial charge in [-0.25, -0.2) is 9.97 Å². The topological polar surface area (TPSA) is 62.7 Å². The molecule has 1 aliphatic rings. The van der Waals surface area contributed by atoms with Gasteiger partial charge in [-0.2, -0.15) is 0 Å². The number of methoxy groups -OCH3 is 1. The molecule has 0 bridgehead atoms. The zero-order valence-corrected chi connectivity index (χ0v) is 20.1. The zero-order chi connectivity index (χ0) is 23.0. The van der Waals surface area contributed by atoms with Crippen LogP contribution < -0.4 is 14.2 Å². The minimum atomic E-state index is -0.211. The molecule has 2 aromatic heterocycles. The van der Waals surface area contributed by atoms with E-state index >= 15 is 0 Å². The Morgan fingerprint density at radius 3 is 2.36 bits per heavy atom. The third kappa shape index (κ3) is 6.95. The summed E-state index contributed by atoms with van der Waals surface area (Å²) in [5, 5.41) is 0. The fourth-order valence-electron chi connectivity index (χ4n) is 3.19. The molecule has 0 spiro atoms. The number of ether oxygens (including phenoxy) is 4. The van der Waals surface area contributed by atoms with Crippen LogP contribution in [0.3, 0.4) is 0 Å². The highest BCUT2D eigenvalue weighted by atomic mass is 79.9. The van der Waals surface area contributed by atoms with Crippen LogP contribution in [0.4, 0.5) is 0 Å². The van der Waals surface area contributed by atoms with E-state index in [1.54, 1.807) is 19.5 Å². The first kappa shape index (κ1) is 23.1. The van der Waals surface area contributed by atoms with E-state index < -0.39 is 0 Å². The van der Waals surface area contributed by atoms with Crippen molar-refractivity contribution in [3.05, 3.63) is 76.7 Å². The lowest BCUT2D eigenvalue weighted by atomic mass is 9.92. The molecule has 0 saturated heterocycles. The number of hydrogen-bond donors (Lipinski definition) is 0. The van der Waals surface area contributed by atoms with Crippen molar-refractivity contribution in [2.45, 2.75) is 44.7 Å².